The number of aliphatic imine (C=N–C) groups is 1. The van der Waals surface area contributed by atoms with E-state index in [1.807, 2.05) is 13.8 Å². The fourth-order valence-electron chi connectivity index (χ4n) is 1.53. The van der Waals surface area contributed by atoms with Crippen LogP contribution in [-0.4, -0.2) is 16.7 Å². The maximum absolute atomic E-state index is 7.63. The number of hydrogen-bond acceptors (Lipinski definition) is 3. The Morgan fingerprint density at radius 1 is 1.29 bits per heavy atom. The normalized spacial score (nSPS) is 14.2. The number of aromatic nitrogens is 1. The summed E-state index contributed by atoms with van der Waals surface area (Å²) < 4.78 is 0.643. The Bertz CT molecular complexity index is 476. The molecule has 1 aliphatic rings. The Morgan fingerprint density at radius 2 is 1.93 bits per heavy atom. The minimum Gasteiger partial charge on any atom is -0.383 e. The highest BCUT2D eigenvalue weighted by atomic mass is 79.9. The number of nitrogens with zero attached hydrogens (tertiary/aromatic N) is 2. The predicted molar refractivity (Wildman–Crippen MR) is 59.0 cm³/mol. The van der Waals surface area contributed by atoms with Gasteiger partial charge in [-0.3, -0.25) is 5.41 Å². The third-order valence-electron chi connectivity index (χ3n) is 2.37. The number of halogens is 1. The van der Waals surface area contributed by atoms with E-state index in [0.29, 0.717) is 16.0 Å². The fourth-order valence-corrected chi connectivity index (χ4v) is 2.18. The monoisotopic (exact) mass is 252 g/mol. The van der Waals surface area contributed by atoms with Gasteiger partial charge in [-0.1, -0.05) is 0 Å². The van der Waals surface area contributed by atoms with Crippen LogP contribution in [0.4, 0.5) is 0 Å². The van der Waals surface area contributed by atoms with E-state index >= 15 is 0 Å². The molecule has 1 aromatic rings. The van der Waals surface area contributed by atoms with Gasteiger partial charge >= 0.3 is 0 Å². The molecule has 0 spiro atoms. The molecule has 0 aromatic carbocycles. The molecular formula is C9H9BrN4. The number of aryl methyl sites for hydroxylation is 1. The molecule has 0 amide bonds. The van der Waals surface area contributed by atoms with Gasteiger partial charge in [0.15, 0.2) is 5.84 Å². The van der Waals surface area contributed by atoms with E-state index in [4.69, 9.17) is 11.1 Å². The second kappa shape index (κ2) is 2.88. The van der Waals surface area contributed by atoms with Crippen molar-refractivity contribution in [2.24, 2.45) is 10.7 Å². The largest absolute Gasteiger partial charge is 0.383 e. The van der Waals surface area contributed by atoms with Crippen LogP contribution in [0.5, 0.6) is 0 Å². The first kappa shape index (κ1) is 9.33. The van der Waals surface area contributed by atoms with Gasteiger partial charge in [0.05, 0.1) is 5.56 Å². The molecule has 0 saturated carbocycles. The first-order chi connectivity index (χ1) is 6.52. The molecule has 0 fully saturated rings. The number of rotatable bonds is 0. The summed E-state index contributed by atoms with van der Waals surface area (Å²) in [4.78, 5) is 8.20. The Labute approximate surface area is 89.9 Å². The summed E-state index contributed by atoms with van der Waals surface area (Å²) in [6.07, 6.45) is 0. The molecule has 72 valence electrons. The molecule has 3 N–H and O–H groups in total. The molecule has 1 aliphatic heterocycles. The van der Waals surface area contributed by atoms with Crippen LogP contribution in [-0.2, 0) is 0 Å². The van der Waals surface area contributed by atoms with E-state index in [2.05, 4.69) is 25.9 Å². The van der Waals surface area contributed by atoms with Crippen LogP contribution in [0.1, 0.15) is 22.4 Å². The molecule has 0 radical (unpaired) electrons. The average molecular weight is 253 g/mol. The summed E-state index contributed by atoms with van der Waals surface area (Å²) in [5, 5.41) is 7.63. The van der Waals surface area contributed by atoms with Crippen LogP contribution in [0.3, 0.4) is 0 Å². The summed E-state index contributed by atoms with van der Waals surface area (Å²) in [5.74, 6) is 0.591. The molecule has 4 nitrogen and oxygen atoms in total. The van der Waals surface area contributed by atoms with Gasteiger partial charge in [0.1, 0.15) is 10.4 Å². The lowest BCUT2D eigenvalue weighted by Crippen LogP contribution is -2.14. The highest BCUT2D eigenvalue weighted by molar-refractivity contribution is 9.10. The lowest BCUT2D eigenvalue weighted by atomic mass is 10.0. The first-order valence-corrected chi connectivity index (χ1v) is 4.92. The third-order valence-corrected chi connectivity index (χ3v) is 2.94. The van der Waals surface area contributed by atoms with Crippen molar-refractivity contribution in [3.63, 3.8) is 0 Å². The van der Waals surface area contributed by atoms with Crippen LogP contribution in [0, 0.1) is 19.3 Å². The van der Waals surface area contributed by atoms with Crippen molar-refractivity contribution in [3.05, 3.63) is 27.0 Å². The predicted octanol–water partition coefficient (Wildman–Crippen LogP) is 1.51. The summed E-state index contributed by atoms with van der Waals surface area (Å²) in [5.41, 5.74) is 9.18. The molecular weight excluding hydrogens is 244 g/mol. The van der Waals surface area contributed by atoms with Crippen molar-refractivity contribution >= 4 is 27.6 Å². The Balaban J connectivity index is 2.86. The van der Waals surface area contributed by atoms with E-state index in [1.54, 1.807) is 0 Å². The molecule has 2 rings (SSSR count). The highest BCUT2D eigenvalue weighted by Gasteiger charge is 2.25. The zero-order valence-corrected chi connectivity index (χ0v) is 9.44. The number of amidine groups is 2. The maximum atomic E-state index is 7.63. The van der Waals surface area contributed by atoms with E-state index in [1.165, 1.54) is 0 Å². The summed E-state index contributed by atoms with van der Waals surface area (Å²) >= 11 is 3.32. The Hall–Kier alpha value is -1.23. The number of fused-ring (bicyclic) bond motifs is 1. The molecule has 14 heavy (non-hydrogen) atoms. The van der Waals surface area contributed by atoms with Crippen LogP contribution in [0.15, 0.2) is 9.60 Å². The van der Waals surface area contributed by atoms with Crippen molar-refractivity contribution in [2.45, 2.75) is 13.8 Å². The van der Waals surface area contributed by atoms with Gasteiger partial charge in [0.25, 0.3) is 0 Å². The van der Waals surface area contributed by atoms with E-state index < -0.39 is 0 Å². The number of pyridine rings is 1. The van der Waals surface area contributed by atoms with Gasteiger partial charge in [0.2, 0.25) is 0 Å². The molecule has 0 atom stereocenters. The molecule has 0 bridgehead atoms. The Morgan fingerprint density at radius 3 is 2.57 bits per heavy atom. The van der Waals surface area contributed by atoms with Gasteiger partial charge in [-0.15, -0.1) is 0 Å². The molecule has 0 aliphatic carbocycles. The second-order valence-electron chi connectivity index (χ2n) is 3.21. The molecule has 0 saturated heterocycles. The maximum Gasteiger partial charge on any atom is 0.157 e. The lowest BCUT2D eigenvalue weighted by molar-refractivity contribution is 1.11. The number of nitrogens with two attached hydrogens (primary N) is 1. The van der Waals surface area contributed by atoms with Gasteiger partial charge < -0.3 is 5.73 Å². The SMILES string of the molecule is Cc1nc(Br)c2c(c1C)C(N)=NC2=N. The minimum absolute atomic E-state index is 0.181. The van der Waals surface area contributed by atoms with E-state index in [-0.39, 0.29) is 5.84 Å². The number of hydrogen-bond donors (Lipinski definition) is 2. The number of nitrogens with one attached hydrogen (secondary N) is 1. The smallest absolute Gasteiger partial charge is 0.157 e. The topological polar surface area (TPSA) is 75.1 Å². The standard InChI is InChI=1S/C9H9BrN4/c1-3-4(2)13-7(10)6-5(3)8(11)14-9(6)12/h1-2H3,(H3,11,12,14). The van der Waals surface area contributed by atoms with Crippen molar-refractivity contribution in [1.29, 1.82) is 5.41 Å². The summed E-state index contributed by atoms with van der Waals surface area (Å²) in [7, 11) is 0. The third kappa shape index (κ3) is 1.09. The quantitative estimate of drug-likeness (QED) is 0.687. The van der Waals surface area contributed by atoms with Crippen molar-refractivity contribution in [1.82, 2.24) is 4.98 Å². The first-order valence-electron chi connectivity index (χ1n) is 4.12. The molecule has 2 heterocycles. The van der Waals surface area contributed by atoms with E-state index in [0.717, 1.165) is 16.8 Å². The minimum atomic E-state index is 0.181. The summed E-state index contributed by atoms with van der Waals surface area (Å²) in [6, 6.07) is 0. The summed E-state index contributed by atoms with van der Waals surface area (Å²) in [6.45, 7) is 3.85. The Kier molecular flexibility index (Phi) is 1.92. The average Bonchev–Trinajstić information content (AvgIpc) is 2.38. The van der Waals surface area contributed by atoms with Crippen LogP contribution in [0.2, 0.25) is 0 Å². The van der Waals surface area contributed by atoms with Crippen LogP contribution in [0.25, 0.3) is 0 Å². The molecule has 1 aromatic heterocycles. The van der Waals surface area contributed by atoms with Crippen LogP contribution >= 0.6 is 15.9 Å². The van der Waals surface area contributed by atoms with Gasteiger partial charge in [0, 0.05) is 11.3 Å². The fraction of sp³-hybridized carbons (Fsp3) is 0.222. The molecule has 5 heteroatoms. The zero-order valence-electron chi connectivity index (χ0n) is 7.85. The zero-order chi connectivity index (χ0) is 10.5. The highest BCUT2D eigenvalue weighted by Crippen LogP contribution is 2.28. The van der Waals surface area contributed by atoms with E-state index in [9.17, 15) is 0 Å². The van der Waals surface area contributed by atoms with Gasteiger partial charge in [-0.05, 0) is 35.3 Å². The molecule has 0 unspecified atom stereocenters. The lowest BCUT2D eigenvalue weighted by Gasteiger charge is -2.08. The van der Waals surface area contributed by atoms with Crippen molar-refractivity contribution in [3.8, 4) is 0 Å². The van der Waals surface area contributed by atoms with Crippen molar-refractivity contribution < 1.29 is 0 Å². The van der Waals surface area contributed by atoms with Gasteiger partial charge in [-0.25, -0.2) is 9.98 Å². The van der Waals surface area contributed by atoms with Crippen LogP contribution < -0.4 is 5.73 Å². The van der Waals surface area contributed by atoms with Crippen molar-refractivity contribution in [2.75, 3.05) is 0 Å². The van der Waals surface area contributed by atoms with Gasteiger partial charge in [-0.2, -0.15) is 0 Å². The second-order valence-corrected chi connectivity index (χ2v) is 3.96.